The molecule has 0 aliphatic heterocycles. The topological polar surface area (TPSA) is 121 Å². The highest BCUT2D eigenvalue weighted by Gasteiger charge is 2.22. The van der Waals surface area contributed by atoms with Crippen molar-refractivity contribution in [1.29, 1.82) is 0 Å². The molecule has 0 saturated carbocycles. The maximum absolute atomic E-state index is 11.5. The van der Waals surface area contributed by atoms with Gasteiger partial charge in [0, 0.05) is 23.4 Å². The molecule has 0 radical (unpaired) electrons. The summed E-state index contributed by atoms with van der Waals surface area (Å²) < 4.78 is 1.53. The van der Waals surface area contributed by atoms with Gasteiger partial charge in [0.2, 0.25) is 0 Å². The Bertz CT molecular complexity index is 973. The van der Waals surface area contributed by atoms with E-state index in [1.54, 1.807) is 13.0 Å². The first-order valence-corrected chi connectivity index (χ1v) is 7.27. The lowest BCUT2D eigenvalue weighted by Crippen LogP contribution is -2.11. The minimum atomic E-state index is -0.591. The molecule has 2 heterocycles. The van der Waals surface area contributed by atoms with Gasteiger partial charge < -0.3 is 5.73 Å². The predicted octanol–water partition coefficient (Wildman–Crippen LogP) is 2.19. The smallest absolute Gasteiger partial charge is 0.270 e. The number of non-ortho nitro benzene ring substituents is 1. The van der Waals surface area contributed by atoms with E-state index < -0.39 is 10.8 Å². The lowest BCUT2D eigenvalue weighted by molar-refractivity contribution is -0.384. The van der Waals surface area contributed by atoms with Crippen LogP contribution in [0.4, 0.5) is 5.69 Å². The molecule has 0 spiro atoms. The fourth-order valence-electron chi connectivity index (χ4n) is 2.39. The van der Waals surface area contributed by atoms with Crippen LogP contribution in [0.2, 0.25) is 0 Å². The number of aldehydes is 1. The number of nitrogens with zero attached hydrogens (tertiary/aromatic N) is 3. The van der Waals surface area contributed by atoms with Gasteiger partial charge in [0.05, 0.1) is 4.92 Å². The summed E-state index contributed by atoms with van der Waals surface area (Å²) in [5, 5.41) is 10.9. The van der Waals surface area contributed by atoms with Crippen LogP contribution < -0.4 is 5.73 Å². The molecule has 3 aromatic rings. The first-order chi connectivity index (χ1) is 10.9. The van der Waals surface area contributed by atoms with Crippen LogP contribution in [0.25, 0.3) is 16.2 Å². The van der Waals surface area contributed by atoms with Gasteiger partial charge in [-0.1, -0.05) is 23.5 Å². The van der Waals surface area contributed by atoms with Gasteiger partial charge in [-0.05, 0) is 6.92 Å². The molecule has 0 atom stereocenters. The summed E-state index contributed by atoms with van der Waals surface area (Å²) in [6, 6.07) is 5.87. The van der Waals surface area contributed by atoms with Gasteiger partial charge in [-0.2, -0.15) is 0 Å². The quantitative estimate of drug-likeness (QED) is 0.446. The minimum absolute atomic E-state index is 0.0924. The molecule has 1 amide bonds. The monoisotopic (exact) mass is 330 g/mol. The summed E-state index contributed by atoms with van der Waals surface area (Å²) >= 11 is 1.07. The molecule has 23 heavy (non-hydrogen) atoms. The number of hydrogen-bond donors (Lipinski definition) is 1. The first kappa shape index (κ1) is 14.9. The van der Waals surface area contributed by atoms with E-state index in [2.05, 4.69) is 4.98 Å². The van der Waals surface area contributed by atoms with Crippen molar-refractivity contribution < 1.29 is 14.5 Å². The number of nitro groups is 1. The Kier molecular flexibility index (Phi) is 3.41. The zero-order valence-electron chi connectivity index (χ0n) is 11.8. The Balaban J connectivity index is 2.27. The number of rotatable bonds is 4. The van der Waals surface area contributed by atoms with E-state index >= 15 is 0 Å². The van der Waals surface area contributed by atoms with Gasteiger partial charge in [-0.15, -0.1) is 0 Å². The van der Waals surface area contributed by atoms with Crippen molar-refractivity contribution in [3.05, 3.63) is 50.6 Å². The predicted molar refractivity (Wildman–Crippen MR) is 83.8 cm³/mol. The van der Waals surface area contributed by atoms with Gasteiger partial charge >= 0.3 is 0 Å². The van der Waals surface area contributed by atoms with Crippen molar-refractivity contribution in [2.75, 3.05) is 0 Å². The molecule has 1 aromatic carbocycles. The molecule has 3 rings (SSSR count). The zero-order chi connectivity index (χ0) is 16.7. The average molecular weight is 330 g/mol. The van der Waals surface area contributed by atoms with E-state index in [9.17, 15) is 19.7 Å². The Morgan fingerprint density at radius 1 is 1.48 bits per heavy atom. The third-order valence-corrected chi connectivity index (χ3v) is 4.56. The number of benzene rings is 1. The molecule has 0 saturated heterocycles. The van der Waals surface area contributed by atoms with Gasteiger partial charge in [0.25, 0.3) is 11.6 Å². The van der Waals surface area contributed by atoms with E-state index in [1.165, 1.54) is 22.6 Å². The molecular formula is C14H10N4O4S. The highest BCUT2D eigenvalue weighted by molar-refractivity contribution is 7.19. The number of nitro benzene ring substituents is 1. The normalized spacial score (nSPS) is 10.8. The maximum atomic E-state index is 11.5. The van der Waals surface area contributed by atoms with E-state index in [1.807, 2.05) is 0 Å². The number of aryl methyl sites for hydroxylation is 1. The molecule has 0 aliphatic rings. The molecule has 2 aromatic heterocycles. The van der Waals surface area contributed by atoms with E-state index in [0.717, 1.165) is 11.3 Å². The third kappa shape index (κ3) is 2.27. The van der Waals surface area contributed by atoms with Crippen LogP contribution in [0.15, 0.2) is 24.3 Å². The number of aromatic nitrogens is 2. The fraction of sp³-hybridized carbons (Fsp3) is 0.0714. The van der Waals surface area contributed by atoms with Crippen LogP contribution in [-0.2, 0) is 0 Å². The largest absolute Gasteiger partial charge is 0.365 e. The first-order valence-electron chi connectivity index (χ1n) is 6.45. The number of nitrogens with two attached hydrogens (primary N) is 1. The number of imidazole rings is 1. The minimum Gasteiger partial charge on any atom is -0.365 e. The van der Waals surface area contributed by atoms with Crippen LogP contribution in [0.3, 0.4) is 0 Å². The van der Waals surface area contributed by atoms with Crippen LogP contribution in [0.1, 0.15) is 25.9 Å². The lowest BCUT2D eigenvalue weighted by Gasteiger charge is -2.00. The number of carbonyl (C=O) groups is 2. The highest BCUT2D eigenvalue weighted by atomic mass is 32.1. The van der Waals surface area contributed by atoms with E-state index in [4.69, 9.17) is 5.73 Å². The summed E-state index contributed by atoms with van der Waals surface area (Å²) in [5.74, 6) is -0.591. The standard InChI is InChI=1S/C14H10N4O4S/c1-7-12(13(15)20)23-14-16-11(10(6-19)17(7)14)8-3-2-4-9(5-8)18(21)22/h2-6H,1H3,(H2,15,20). The zero-order valence-corrected chi connectivity index (χ0v) is 12.7. The molecule has 0 bridgehead atoms. The number of amides is 1. The second-order valence-corrected chi connectivity index (χ2v) is 5.75. The molecular weight excluding hydrogens is 320 g/mol. The second kappa shape index (κ2) is 5.29. The molecule has 0 aliphatic carbocycles. The summed E-state index contributed by atoms with van der Waals surface area (Å²) in [6.45, 7) is 1.66. The van der Waals surface area contributed by atoms with Crippen molar-refractivity contribution in [2.45, 2.75) is 6.92 Å². The van der Waals surface area contributed by atoms with Crippen LogP contribution in [0.5, 0.6) is 0 Å². The Labute approximate surface area is 133 Å². The Morgan fingerprint density at radius 2 is 2.22 bits per heavy atom. The Hall–Kier alpha value is -3.07. The maximum Gasteiger partial charge on any atom is 0.270 e. The van der Waals surface area contributed by atoms with Crippen LogP contribution in [-0.4, -0.2) is 26.5 Å². The van der Waals surface area contributed by atoms with Crippen molar-refractivity contribution in [3.8, 4) is 11.3 Å². The number of fused-ring (bicyclic) bond motifs is 1. The molecule has 116 valence electrons. The Morgan fingerprint density at radius 3 is 2.83 bits per heavy atom. The van der Waals surface area contributed by atoms with Crippen molar-refractivity contribution >= 4 is 34.2 Å². The molecule has 8 nitrogen and oxygen atoms in total. The highest BCUT2D eigenvalue weighted by Crippen LogP contribution is 2.31. The lowest BCUT2D eigenvalue weighted by atomic mass is 10.1. The summed E-state index contributed by atoms with van der Waals surface area (Å²) in [7, 11) is 0. The van der Waals surface area contributed by atoms with Crippen LogP contribution in [0, 0.1) is 17.0 Å². The SMILES string of the molecule is Cc1c(C(N)=O)sc2nc(-c3cccc([N+](=O)[O-])c3)c(C=O)n12. The summed E-state index contributed by atoms with van der Waals surface area (Å²) in [6.07, 6.45) is 0.610. The number of thiazole rings is 1. The molecule has 9 heteroatoms. The van der Waals surface area contributed by atoms with Crippen LogP contribution >= 0.6 is 11.3 Å². The van der Waals surface area contributed by atoms with Gasteiger partial charge in [0.1, 0.15) is 16.3 Å². The summed E-state index contributed by atoms with van der Waals surface area (Å²) in [5.41, 5.74) is 6.73. The molecule has 2 N–H and O–H groups in total. The van der Waals surface area contributed by atoms with E-state index in [0.29, 0.717) is 33.1 Å². The van der Waals surface area contributed by atoms with Crippen molar-refractivity contribution in [1.82, 2.24) is 9.38 Å². The van der Waals surface area contributed by atoms with Crippen molar-refractivity contribution in [3.63, 3.8) is 0 Å². The number of carbonyl (C=O) groups excluding carboxylic acids is 2. The van der Waals surface area contributed by atoms with E-state index in [-0.39, 0.29) is 11.4 Å². The molecule has 0 fully saturated rings. The average Bonchev–Trinajstić information content (AvgIpc) is 3.04. The number of primary amides is 1. The molecule has 0 unspecified atom stereocenters. The third-order valence-electron chi connectivity index (χ3n) is 3.41. The van der Waals surface area contributed by atoms with Gasteiger partial charge in [-0.25, -0.2) is 4.98 Å². The fourth-order valence-corrected chi connectivity index (χ4v) is 3.37. The second-order valence-electron chi connectivity index (χ2n) is 4.77. The van der Waals surface area contributed by atoms with Gasteiger partial charge in [0.15, 0.2) is 11.2 Å². The number of hydrogen-bond acceptors (Lipinski definition) is 6. The van der Waals surface area contributed by atoms with Crippen molar-refractivity contribution in [2.24, 2.45) is 5.73 Å². The van der Waals surface area contributed by atoms with Gasteiger partial charge in [-0.3, -0.25) is 24.1 Å². The summed E-state index contributed by atoms with van der Waals surface area (Å²) in [4.78, 5) is 38.4.